The van der Waals surface area contributed by atoms with E-state index in [-0.39, 0.29) is 40.4 Å². The number of hydrogen-bond donors (Lipinski definition) is 2. The number of aryl methyl sites for hydroxylation is 2. The number of carbonyl (C=O) groups excluding carboxylic acids is 1. The van der Waals surface area contributed by atoms with Gasteiger partial charge in [0.05, 0.1) is 36.3 Å². The Morgan fingerprint density at radius 3 is 2.30 bits per heavy atom. The molecule has 2 heterocycles. The highest BCUT2D eigenvalue weighted by molar-refractivity contribution is 5.94. The summed E-state index contributed by atoms with van der Waals surface area (Å²) in [6, 6.07) is 11.1. The van der Waals surface area contributed by atoms with Crippen molar-refractivity contribution in [3.8, 4) is 5.69 Å². The van der Waals surface area contributed by atoms with E-state index < -0.39 is 22.6 Å². The molecule has 0 atom stereocenters. The molecule has 46 heavy (non-hydrogen) atoms. The van der Waals surface area contributed by atoms with Crippen molar-refractivity contribution in [1.29, 1.82) is 0 Å². The van der Waals surface area contributed by atoms with Crippen molar-refractivity contribution in [3.05, 3.63) is 114 Å². The van der Waals surface area contributed by atoms with Crippen LogP contribution in [0.15, 0.2) is 80.3 Å². The summed E-state index contributed by atoms with van der Waals surface area (Å²) in [7, 11) is 3.05. The SMILES string of the molecule is CC.CC/C(=C\C=C(/C)Cn1c(=O)c2c(Nc3ccc(C)cc3F)n(C)c(=O)c(C)c2n(-c2cccc(NC(C)=O)c2)c1=O)OC. The molecule has 2 N–H and O–H groups in total. The van der Waals surface area contributed by atoms with Crippen LogP contribution in [0.2, 0.25) is 0 Å². The number of nitrogens with zero attached hydrogens (tertiary/aromatic N) is 3. The van der Waals surface area contributed by atoms with Crippen LogP contribution in [-0.4, -0.2) is 26.7 Å². The molecule has 0 unspecified atom stereocenters. The number of halogens is 1. The fourth-order valence-corrected chi connectivity index (χ4v) is 5.01. The molecule has 4 aromatic rings. The predicted octanol–water partition coefficient (Wildman–Crippen LogP) is 6.22. The van der Waals surface area contributed by atoms with Gasteiger partial charge >= 0.3 is 5.69 Å². The normalized spacial score (nSPS) is 11.6. The quantitative estimate of drug-likeness (QED) is 0.167. The maximum Gasteiger partial charge on any atom is 0.336 e. The number of rotatable bonds is 9. The van der Waals surface area contributed by atoms with Gasteiger partial charge in [-0.25, -0.2) is 9.18 Å². The van der Waals surface area contributed by atoms with Gasteiger partial charge in [-0.3, -0.25) is 28.1 Å². The molecule has 2 aromatic carbocycles. The molecular formula is C35H42FN5O5. The number of fused-ring (bicyclic) bond motifs is 1. The summed E-state index contributed by atoms with van der Waals surface area (Å²) in [5.74, 6) is -0.131. The molecule has 0 saturated carbocycles. The second-order valence-electron chi connectivity index (χ2n) is 10.6. The van der Waals surface area contributed by atoms with Crippen molar-refractivity contribution in [2.24, 2.45) is 7.05 Å². The van der Waals surface area contributed by atoms with Gasteiger partial charge < -0.3 is 15.4 Å². The fourth-order valence-electron chi connectivity index (χ4n) is 5.01. The predicted molar refractivity (Wildman–Crippen MR) is 183 cm³/mol. The van der Waals surface area contributed by atoms with Gasteiger partial charge in [-0.05, 0) is 62.7 Å². The maximum absolute atomic E-state index is 15.0. The molecule has 1 amide bonds. The van der Waals surface area contributed by atoms with Crippen LogP contribution in [0.25, 0.3) is 16.6 Å². The van der Waals surface area contributed by atoms with Crippen molar-refractivity contribution in [2.75, 3.05) is 17.7 Å². The van der Waals surface area contributed by atoms with E-state index in [1.807, 2.05) is 20.8 Å². The van der Waals surface area contributed by atoms with Crippen molar-refractivity contribution in [2.45, 2.75) is 61.4 Å². The molecule has 0 bridgehead atoms. The Bertz CT molecular complexity index is 2010. The third-order valence-electron chi connectivity index (χ3n) is 7.27. The minimum atomic E-state index is -0.689. The first-order valence-electron chi connectivity index (χ1n) is 15.1. The molecule has 244 valence electrons. The first-order valence-corrected chi connectivity index (χ1v) is 15.1. The van der Waals surface area contributed by atoms with Crippen molar-refractivity contribution in [3.63, 3.8) is 0 Å². The zero-order chi connectivity index (χ0) is 34.3. The second kappa shape index (κ2) is 15.2. The Morgan fingerprint density at radius 2 is 1.70 bits per heavy atom. The standard InChI is InChI=1S/C33H36FN5O5.C2H6/c1-8-25(44-7)14-12-20(3)18-38-32(42)28-29(39(33(38)43)24-11-9-10-23(17-24)35-22(5)40)21(4)31(41)37(6)30(28)36-27-15-13-19(2)16-26(27)34;1-2/h9-17,36H,8,18H2,1-7H3,(H,35,40);1-2H3/b20-12+,25-14+;. The average Bonchev–Trinajstić information content (AvgIpc) is 3.02. The van der Waals surface area contributed by atoms with Gasteiger partial charge in [0.1, 0.15) is 17.0 Å². The van der Waals surface area contributed by atoms with Gasteiger partial charge in [-0.2, -0.15) is 0 Å². The van der Waals surface area contributed by atoms with Gasteiger partial charge in [0.25, 0.3) is 11.1 Å². The Morgan fingerprint density at radius 1 is 1.00 bits per heavy atom. The van der Waals surface area contributed by atoms with E-state index in [1.54, 1.807) is 63.4 Å². The molecule has 0 spiro atoms. The zero-order valence-electron chi connectivity index (χ0n) is 27.9. The van der Waals surface area contributed by atoms with Gasteiger partial charge in [-0.15, -0.1) is 0 Å². The van der Waals surface area contributed by atoms with Gasteiger partial charge in [-0.1, -0.05) is 44.6 Å². The van der Waals surface area contributed by atoms with Gasteiger partial charge in [0.2, 0.25) is 5.91 Å². The monoisotopic (exact) mass is 631 g/mol. The van der Waals surface area contributed by atoms with E-state index in [9.17, 15) is 19.2 Å². The smallest absolute Gasteiger partial charge is 0.336 e. The van der Waals surface area contributed by atoms with Crippen LogP contribution in [0.3, 0.4) is 0 Å². The van der Waals surface area contributed by atoms with Crippen LogP contribution in [0, 0.1) is 19.7 Å². The number of aromatic nitrogens is 3. The second-order valence-corrected chi connectivity index (χ2v) is 10.6. The number of allylic oxidation sites excluding steroid dienone is 4. The van der Waals surface area contributed by atoms with Crippen LogP contribution < -0.4 is 27.4 Å². The molecule has 0 aliphatic rings. The zero-order valence-corrected chi connectivity index (χ0v) is 27.9. The summed E-state index contributed by atoms with van der Waals surface area (Å²) in [4.78, 5) is 53.8. The topological polar surface area (TPSA) is 116 Å². The molecule has 4 rings (SSSR count). The Balaban J connectivity index is 0.00000282. The van der Waals surface area contributed by atoms with Crippen molar-refractivity contribution in [1.82, 2.24) is 13.7 Å². The highest BCUT2D eigenvalue weighted by Crippen LogP contribution is 2.27. The molecule has 2 aromatic heterocycles. The Kier molecular flexibility index (Phi) is 11.7. The first-order chi connectivity index (χ1) is 21.9. The number of ether oxygens (including phenoxy) is 1. The Hall–Kier alpha value is -5.19. The molecule has 0 radical (unpaired) electrons. The van der Waals surface area contributed by atoms with E-state index in [1.165, 1.54) is 42.2 Å². The lowest BCUT2D eigenvalue weighted by Crippen LogP contribution is -2.42. The molecule has 0 fully saturated rings. The summed E-state index contributed by atoms with van der Waals surface area (Å²) in [5.41, 5.74) is 0.560. The number of carbonyl (C=O) groups is 1. The van der Waals surface area contributed by atoms with Crippen molar-refractivity contribution >= 4 is 34.0 Å². The highest BCUT2D eigenvalue weighted by atomic mass is 19.1. The maximum atomic E-state index is 15.0. The largest absolute Gasteiger partial charge is 0.501 e. The van der Waals surface area contributed by atoms with Gasteiger partial charge in [0, 0.05) is 31.6 Å². The number of nitrogens with one attached hydrogen (secondary N) is 2. The van der Waals surface area contributed by atoms with Crippen LogP contribution in [-0.2, 0) is 23.1 Å². The van der Waals surface area contributed by atoms with Crippen molar-refractivity contribution < 1.29 is 13.9 Å². The van der Waals surface area contributed by atoms with Crippen LogP contribution >= 0.6 is 0 Å². The van der Waals surface area contributed by atoms with E-state index in [2.05, 4.69) is 10.6 Å². The van der Waals surface area contributed by atoms with Crippen LogP contribution in [0.5, 0.6) is 0 Å². The van der Waals surface area contributed by atoms with Gasteiger partial charge in [0.15, 0.2) is 0 Å². The summed E-state index contributed by atoms with van der Waals surface area (Å²) in [6.45, 7) is 12.3. The molecule has 11 heteroatoms. The van der Waals surface area contributed by atoms with E-state index >= 15 is 4.39 Å². The number of pyridine rings is 1. The first kappa shape index (κ1) is 35.3. The molecule has 0 aliphatic carbocycles. The third-order valence-corrected chi connectivity index (χ3v) is 7.27. The summed E-state index contributed by atoms with van der Waals surface area (Å²) in [6.07, 6.45) is 4.20. The summed E-state index contributed by atoms with van der Waals surface area (Å²) in [5, 5.41) is 5.67. The summed E-state index contributed by atoms with van der Waals surface area (Å²) < 4.78 is 23.9. The minimum Gasteiger partial charge on any atom is -0.501 e. The minimum absolute atomic E-state index is 0.0172. The number of anilines is 3. The number of benzene rings is 2. The number of hydrogen-bond acceptors (Lipinski definition) is 6. The van der Waals surface area contributed by atoms with E-state index in [0.717, 1.165) is 10.3 Å². The molecule has 10 nitrogen and oxygen atoms in total. The lowest BCUT2D eigenvalue weighted by Gasteiger charge is -2.21. The summed E-state index contributed by atoms with van der Waals surface area (Å²) >= 11 is 0. The molecular weight excluding hydrogens is 589 g/mol. The van der Waals surface area contributed by atoms with Crippen LogP contribution in [0.4, 0.5) is 21.6 Å². The highest BCUT2D eigenvalue weighted by Gasteiger charge is 2.24. The fraction of sp³-hybridized carbons (Fsp3) is 0.314. The Labute approximate surface area is 267 Å². The lowest BCUT2D eigenvalue weighted by molar-refractivity contribution is -0.114. The number of amides is 1. The molecule has 0 saturated heterocycles. The number of methoxy groups -OCH3 is 1. The average molecular weight is 632 g/mol. The molecule has 0 aliphatic heterocycles. The third kappa shape index (κ3) is 7.36. The van der Waals surface area contributed by atoms with Crippen LogP contribution in [0.1, 0.15) is 52.2 Å². The van der Waals surface area contributed by atoms with E-state index in [4.69, 9.17) is 4.74 Å². The van der Waals surface area contributed by atoms with E-state index in [0.29, 0.717) is 28.9 Å². The lowest BCUT2D eigenvalue weighted by atomic mass is 10.1.